The number of methoxy groups -OCH3 is 1. The van der Waals surface area contributed by atoms with E-state index in [4.69, 9.17) is 4.74 Å². The summed E-state index contributed by atoms with van der Waals surface area (Å²) in [7, 11) is -2.04. The van der Waals surface area contributed by atoms with E-state index in [1.807, 2.05) is 0 Å². The molecule has 0 saturated heterocycles. The summed E-state index contributed by atoms with van der Waals surface area (Å²) in [6.07, 6.45) is 0.296. The normalized spacial score (nSPS) is 11.4. The second-order valence-electron chi connectivity index (χ2n) is 7.09. The molecule has 0 bridgehead atoms. The van der Waals surface area contributed by atoms with Crippen LogP contribution >= 0.6 is 11.8 Å². The van der Waals surface area contributed by atoms with Gasteiger partial charge in [-0.05, 0) is 36.4 Å². The summed E-state index contributed by atoms with van der Waals surface area (Å²) in [6.45, 7) is 0.139. The maximum Gasteiger partial charge on any atom is 0.240 e. The van der Waals surface area contributed by atoms with Crippen LogP contribution in [0.3, 0.4) is 0 Å². The SMILES string of the molecule is COc1cccc(NC(=O)CSc2ccc3nnc(CCNS(=O)(=O)c4ccccc4)n3n2)c1. The number of carbonyl (C=O) groups is 1. The third-order valence-corrected chi connectivity index (χ3v) is 7.10. The monoisotopic (exact) mass is 498 g/mol. The van der Waals surface area contributed by atoms with E-state index in [0.717, 1.165) is 0 Å². The van der Waals surface area contributed by atoms with Crippen LogP contribution in [0.4, 0.5) is 5.69 Å². The molecule has 0 saturated carbocycles. The van der Waals surface area contributed by atoms with E-state index in [-0.39, 0.29) is 23.1 Å². The summed E-state index contributed by atoms with van der Waals surface area (Å²) in [5, 5.41) is 16.1. The van der Waals surface area contributed by atoms with Crippen LogP contribution in [0.5, 0.6) is 5.75 Å². The van der Waals surface area contributed by atoms with Crippen LogP contribution in [0.25, 0.3) is 5.65 Å². The summed E-state index contributed by atoms with van der Waals surface area (Å²) >= 11 is 1.27. The molecule has 0 aliphatic heterocycles. The van der Waals surface area contributed by atoms with Crippen molar-refractivity contribution in [1.82, 2.24) is 24.5 Å². The molecule has 0 spiro atoms. The molecule has 4 aromatic rings. The van der Waals surface area contributed by atoms with Crippen LogP contribution in [-0.4, -0.2) is 53.5 Å². The summed E-state index contributed by atoms with van der Waals surface area (Å²) in [5.74, 6) is 1.14. The first-order valence-electron chi connectivity index (χ1n) is 10.3. The molecule has 0 fully saturated rings. The lowest BCUT2D eigenvalue weighted by Gasteiger charge is -2.07. The van der Waals surface area contributed by atoms with Crippen molar-refractivity contribution >= 4 is 39.0 Å². The van der Waals surface area contributed by atoms with Gasteiger partial charge in [-0.3, -0.25) is 4.79 Å². The summed E-state index contributed by atoms with van der Waals surface area (Å²) in [5.41, 5.74) is 1.18. The molecule has 2 aromatic heterocycles. The van der Waals surface area contributed by atoms with Crippen LogP contribution in [0.15, 0.2) is 76.7 Å². The molecule has 2 aromatic carbocycles. The van der Waals surface area contributed by atoms with Crippen molar-refractivity contribution in [3.63, 3.8) is 0 Å². The minimum atomic E-state index is -3.61. The smallest absolute Gasteiger partial charge is 0.240 e. The predicted molar refractivity (Wildman–Crippen MR) is 128 cm³/mol. The van der Waals surface area contributed by atoms with Gasteiger partial charge in [0.25, 0.3) is 0 Å². The zero-order chi connectivity index (χ0) is 24.0. The number of nitrogens with one attached hydrogen (secondary N) is 2. The van der Waals surface area contributed by atoms with E-state index in [1.54, 1.807) is 66.2 Å². The van der Waals surface area contributed by atoms with E-state index in [1.165, 1.54) is 23.9 Å². The second-order valence-corrected chi connectivity index (χ2v) is 9.85. The average Bonchev–Trinajstić information content (AvgIpc) is 3.25. The largest absolute Gasteiger partial charge is 0.497 e. The number of nitrogens with zero attached hydrogens (tertiary/aromatic N) is 4. The first-order chi connectivity index (χ1) is 16.4. The topological polar surface area (TPSA) is 128 Å². The van der Waals surface area contributed by atoms with Crippen LogP contribution in [-0.2, 0) is 21.2 Å². The number of sulfonamides is 1. The first kappa shape index (κ1) is 23.7. The van der Waals surface area contributed by atoms with Crippen molar-refractivity contribution in [2.75, 3.05) is 24.7 Å². The molecular formula is C22H22N6O4S2. The Morgan fingerprint density at radius 2 is 1.88 bits per heavy atom. The standard InChI is InChI=1S/C22H22N6O4S2/c1-32-17-7-5-6-16(14-17)24-21(29)15-33-22-11-10-19-25-26-20(28(19)27-22)12-13-23-34(30,31)18-8-3-2-4-9-18/h2-11,14,23H,12-13,15H2,1H3,(H,24,29). The third kappa shape index (κ3) is 5.90. The minimum absolute atomic E-state index is 0.139. The highest BCUT2D eigenvalue weighted by Crippen LogP contribution is 2.19. The Kier molecular flexibility index (Phi) is 7.40. The van der Waals surface area contributed by atoms with Crippen LogP contribution in [0.1, 0.15) is 5.82 Å². The number of aromatic nitrogens is 4. The number of thioether (sulfide) groups is 1. The molecule has 12 heteroatoms. The Morgan fingerprint density at radius 1 is 1.06 bits per heavy atom. The molecule has 176 valence electrons. The third-order valence-electron chi connectivity index (χ3n) is 4.70. The number of hydrogen-bond donors (Lipinski definition) is 2. The minimum Gasteiger partial charge on any atom is -0.497 e. The fraction of sp³-hybridized carbons (Fsp3) is 0.182. The number of anilines is 1. The first-order valence-corrected chi connectivity index (χ1v) is 12.7. The highest BCUT2D eigenvalue weighted by molar-refractivity contribution is 7.99. The van der Waals surface area contributed by atoms with Gasteiger partial charge in [-0.15, -0.1) is 10.2 Å². The Morgan fingerprint density at radius 3 is 2.68 bits per heavy atom. The Balaban J connectivity index is 1.36. The number of carbonyl (C=O) groups excluding carboxylic acids is 1. The van der Waals surface area contributed by atoms with Gasteiger partial charge in [-0.2, -0.15) is 9.61 Å². The van der Waals surface area contributed by atoms with Crippen LogP contribution < -0.4 is 14.8 Å². The maximum absolute atomic E-state index is 12.4. The van der Waals surface area contributed by atoms with Gasteiger partial charge in [0.2, 0.25) is 15.9 Å². The van der Waals surface area contributed by atoms with E-state index in [9.17, 15) is 13.2 Å². The number of hydrogen-bond acceptors (Lipinski definition) is 8. The molecule has 4 rings (SSSR count). The fourth-order valence-corrected chi connectivity index (χ4v) is 4.77. The van der Waals surface area contributed by atoms with E-state index in [0.29, 0.717) is 34.4 Å². The molecule has 0 atom stereocenters. The number of ether oxygens (including phenoxy) is 1. The van der Waals surface area contributed by atoms with Gasteiger partial charge in [-0.1, -0.05) is 36.0 Å². The Bertz CT molecular complexity index is 1390. The molecule has 34 heavy (non-hydrogen) atoms. The van der Waals surface area contributed by atoms with Crippen molar-refractivity contribution in [2.24, 2.45) is 0 Å². The summed E-state index contributed by atoms with van der Waals surface area (Å²) in [6, 6.07) is 18.8. The van der Waals surface area contributed by atoms with Gasteiger partial charge < -0.3 is 10.1 Å². The predicted octanol–water partition coefficient (Wildman–Crippen LogP) is 2.38. The summed E-state index contributed by atoms with van der Waals surface area (Å²) < 4.78 is 34.0. The molecule has 0 aliphatic carbocycles. The molecule has 0 radical (unpaired) electrons. The van der Waals surface area contributed by atoms with Crippen LogP contribution in [0.2, 0.25) is 0 Å². The van der Waals surface area contributed by atoms with Crippen molar-refractivity contribution < 1.29 is 17.9 Å². The zero-order valence-corrected chi connectivity index (χ0v) is 19.8. The van der Waals surface area contributed by atoms with Crippen molar-refractivity contribution in [1.29, 1.82) is 0 Å². The van der Waals surface area contributed by atoms with E-state index in [2.05, 4.69) is 25.3 Å². The molecule has 0 unspecified atom stereocenters. The quantitative estimate of drug-likeness (QED) is 0.319. The highest BCUT2D eigenvalue weighted by Gasteiger charge is 2.14. The molecule has 10 nitrogen and oxygen atoms in total. The van der Waals surface area contributed by atoms with E-state index >= 15 is 0 Å². The molecular weight excluding hydrogens is 476 g/mol. The zero-order valence-electron chi connectivity index (χ0n) is 18.2. The van der Waals surface area contributed by atoms with Gasteiger partial charge in [0.15, 0.2) is 11.5 Å². The lowest BCUT2D eigenvalue weighted by atomic mass is 10.3. The molecule has 0 aliphatic rings. The van der Waals surface area contributed by atoms with Crippen molar-refractivity contribution in [3.05, 3.63) is 72.6 Å². The lowest BCUT2D eigenvalue weighted by molar-refractivity contribution is -0.113. The maximum atomic E-state index is 12.4. The molecule has 1 amide bonds. The van der Waals surface area contributed by atoms with E-state index < -0.39 is 10.0 Å². The highest BCUT2D eigenvalue weighted by atomic mass is 32.2. The number of benzene rings is 2. The van der Waals surface area contributed by atoms with Gasteiger partial charge in [0.05, 0.1) is 17.8 Å². The lowest BCUT2D eigenvalue weighted by Crippen LogP contribution is -2.26. The Labute approximate surface area is 200 Å². The van der Waals surface area contributed by atoms with Crippen molar-refractivity contribution in [2.45, 2.75) is 16.3 Å². The van der Waals surface area contributed by atoms with Gasteiger partial charge in [0.1, 0.15) is 10.8 Å². The Hall–Kier alpha value is -3.48. The summed E-state index contributed by atoms with van der Waals surface area (Å²) in [4.78, 5) is 12.5. The van der Waals surface area contributed by atoms with Gasteiger partial charge >= 0.3 is 0 Å². The number of amides is 1. The molecule has 2 N–H and O–H groups in total. The fourth-order valence-electron chi connectivity index (χ4n) is 3.07. The number of fused-ring (bicyclic) bond motifs is 1. The van der Waals surface area contributed by atoms with Gasteiger partial charge in [0, 0.05) is 24.7 Å². The van der Waals surface area contributed by atoms with Crippen LogP contribution in [0, 0.1) is 0 Å². The molecule has 2 heterocycles. The number of rotatable bonds is 10. The van der Waals surface area contributed by atoms with Crippen molar-refractivity contribution in [3.8, 4) is 5.75 Å². The average molecular weight is 499 g/mol. The van der Waals surface area contributed by atoms with Gasteiger partial charge in [-0.25, -0.2) is 13.1 Å². The second kappa shape index (κ2) is 10.6.